The molecule has 0 saturated heterocycles. The summed E-state index contributed by atoms with van der Waals surface area (Å²) in [5, 5.41) is 2.87. The maximum Gasteiger partial charge on any atom is 0.275 e. The lowest BCUT2D eigenvalue weighted by Crippen LogP contribution is -2.23. The lowest BCUT2D eigenvalue weighted by molar-refractivity contribution is 0.102. The number of fused-ring (bicyclic) bond motifs is 1. The molecule has 5 nitrogen and oxygen atoms in total. The quantitative estimate of drug-likeness (QED) is 0.792. The number of imidazole rings is 1. The normalized spacial score (nSPS) is 12.8. The topological polar surface area (TPSA) is 50.2 Å². The SMILES string of the molecule is Cc1cccc(N2C=Cc3nc(C(=O)Nc4ccccc4)cn3C2)c1. The minimum absolute atomic E-state index is 0.205. The van der Waals surface area contributed by atoms with Crippen LogP contribution < -0.4 is 10.2 Å². The van der Waals surface area contributed by atoms with E-state index in [9.17, 15) is 4.79 Å². The first-order valence-electron chi connectivity index (χ1n) is 8.14. The fraction of sp³-hybridized carbons (Fsp3) is 0.100. The van der Waals surface area contributed by atoms with Crippen LogP contribution in [0.1, 0.15) is 21.9 Å². The lowest BCUT2D eigenvalue weighted by Gasteiger charge is -2.25. The molecule has 0 saturated carbocycles. The van der Waals surface area contributed by atoms with Crippen molar-refractivity contribution in [3.63, 3.8) is 0 Å². The predicted octanol–water partition coefficient (Wildman–Crippen LogP) is 3.89. The Morgan fingerprint density at radius 1 is 1.12 bits per heavy atom. The van der Waals surface area contributed by atoms with E-state index in [4.69, 9.17) is 0 Å². The Labute approximate surface area is 146 Å². The van der Waals surface area contributed by atoms with Gasteiger partial charge in [0.05, 0.1) is 0 Å². The number of aryl methyl sites for hydroxylation is 1. The molecule has 0 fully saturated rings. The van der Waals surface area contributed by atoms with Gasteiger partial charge in [-0.2, -0.15) is 0 Å². The Morgan fingerprint density at radius 2 is 1.96 bits per heavy atom. The van der Waals surface area contributed by atoms with Crippen LogP contribution in [0.25, 0.3) is 6.08 Å². The molecule has 0 unspecified atom stereocenters. The van der Waals surface area contributed by atoms with Crippen molar-refractivity contribution in [1.82, 2.24) is 9.55 Å². The molecule has 0 aliphatic carbocycles. The first kappa shape index (κ1) is 15.2. The minimum Gasteiger partial charge on any atom is -0.329 e. The number of carbonyl (C=O) groups excluding carboxylic acids is 1. The summed E-state index contributed by atoms with van der Waals surface area (Å²) in [6, 6.07) is 17.7. The summed E-state index contributed by atoms with van der Waals surface area (Å²) in [5.74, 6) is 0.575. The van der Waals surface area contributed by atoms with E-state index in [0.29, 0.717) is 12.4 Å². The van der Waals surface area contributed by atoms with Gasteiger partial charge in [0.15, 0.2) is 0 Å². The molecule has 1 aliphatic heterocycles. The van der Waals surface area contributed by atoms with Gasteiger partial charge >= 0.3 is 0 Å². The van der Waals surface area contributed by atoms with Crippen LogP contribution in [-0.2, 0) is 6.67 Å². The van der Waals surface area contributed by atoms with Crippen LogP contribution in [0.2, 0.25) is 0 Å². The average Bonchev–Trinajstić information content (AvgIpc) is 3.06. The fourth-order valence-corrected chi connectivity index (χ4v) is 2.84. The number of rotatable bonds is 3. The fourth-order valence-electron chi connectivity index (χ4n) is 2.84. The van der Waals surface area contributed by atoms with E-state index >= 15 is 0 Å². The van der Waals surface area contributed by atoms with Crippen LogP contribution in [0.4, 0.5) is 11.4 Å². The van der Waals surface area contributed by atoms with Crippen molar-refractivity contribution in [3.05, 3.63) is 84.1 Å². The van der Waals surface area contributed by atoms with Crippen molar-refractivity contribution in [2.45, 2.75) is 13.6 Å². The van der Waals surface area contributed by atoms with Crippen molar-refractivity contribution in [2.75, 3.05) is 10.2 Å². The second-order valence-electron chi connectivity index (χ2n) is 6.04. The van der Waals surface area contributed by atoms with E-state index in [0.717, 1.165) is 17.2 Å². The summed E-state index contributed by atoms with van der Waals surface area (Å²) in [6.45, 7) is 2.70. The molecule has 1 amide bonds. The van der Waals surface area contributed by atoms with Gasteiger partial charge in [0.25, 0.3) is 5.91 Å². The molecule has 124 valence electrons. The Balaban J connectivity index is 1.53. The Kier molecular flexibility index (Phi) is 3.82. The molecule has 2 aromatic carbocycles. The van der Waals surface area contributed by atoms with E-state index in [2.05, 4.69) is 40.3 Å². The van der Waals surface area contributed by atoms with Crippen LogP contribution >= 0.6 is 0 Å². The monoisotopic (exact) mass is 330 g/mol. The van der Waals surface area contributed by atoms with E-state index in [1.807, 2.05) is 53.2 Å². The standard InChI is InChI=1S/C20H18N4O/c1-15-6-5-9-17(12-15)23-11-10-19-22-18(13-24(19)14-23)20(25)21-16-7-3-2-4-8-16/h2-13H,14H2,1H3,(H,21,25). The first-order valence-corrected chi connectivity index (χ1v) is 8.14. The van der Waals surface area contributed by atoms with E-state index in [-0.39, 0.29) is 5.91 Å². The molecule has 3 aromatic rings. The van der Waals surface area contributed by atoms with Gasteiger partial charge in [0, 0.05) is 23.8 Å². The highest BCUT2D eigenvalue weighted by Crippen LogP contribution is 2.22. The van der Waals surface area contributed by atoms with Crippen LogP contribution in [0.3, 0.4) is 0 Å². The summed E-state index contributed by atoms with van der Waals surface area (Å²) < 4.78 is 1.97. The Hall–Kier alpha value is -3.34. The van der Waals surface area contributed by atoms with Gasteiger partial charge in [0.2, 0.25) is 0 Å². The minimum atomic E-state index is -0.205. The van der Waals surface area contributed by atoms with Gasteiger partial charge in [-0.25, -0.2) is 4.98 Å². The summed E-state index contributed by atoms with van der Waals surface area (Å²) in [5.41, 5.74) is 3.50. The molecule has 1 aromatic heterocycles. The second-order valence-corrected chi connectivity index (χ2v) is 6.04. The van der Waals surface area contributed by atoms with E-state index < -0.39 is 0 Å². The summed E-state index contributed by atoms with van der Waals surface area (Å²) in [4.78, 5) is 19.0. The van der Waals surface area contributed by atoms with Gasteiger partial charge in [-0.1, -0.05) is 30.3 Å². The number of nitrogens with zero attached hydrogens (tertiary/aromatic N) is 3. The molecule has 0 atom stereocenters. The van der Waals surface area contributed by atoms with Crippen LogP contribution in [-0.4, -0.2) is 15.5 Å². The van der Waals surface area contributed by atoms with E-state index in [1.165, 1.54) is 5.56 Å². The third kappa shape index (κ3) is 3.17. The Bertz CT molecular complexity index is 943. The number of hydrogen-bond acceptors (Lipinski definition) is 3. The van der Waals surface area contributed by atoms with Crippen molar-refractivity contribution in [1.29, 1.82) is 0 Å². The van der Waals surface area contributed by atoms with Gasteiger partial charge in [0.1, 0.15) is 18.2 Å². The third-order valence-corrected chi connectivity index (χ3v) is 4.11. The number of hydrogen-bond donors (Lipinski definition) is 1. The van der Waals surface area contributed by atoms with Crippen LogP contribution in [0.15, 0.2) is 67.0 Å². The zero-order chi connectivity index (χ0) is 17.2. The highest BCUT2D eigenvalue weighted by molar-refractivity contribution is 6.02. The molecule has 1 aliphatic rings. The van der Waals surface area contributed by atoms with Gasteiger partial charge in [-0.05, 0) is 42.8 Å². The molecule has 1 N–H and O–H groups in total. The first-order chi connectivity index (χ1) is 12.2. The number of benzene rings is 2. The number of carbonyl (C=O) groups is 1. The lowest BCUT2D eigenvalue weighted by atomic mass is 10.2. The highest BCUT2D eigenvalue weighted by atomic mass is 16.1. The highest BCUT2D eigenvalue weighted by Gasteiger charge is 2.17. The summed E-state index contributed by atoms with van der Waals surface area (Å²) in [6.07, 6.45) is 5.71. The zero-order valence-electron chi connectivity index (χ0n) is 13.9. The molecule has 25 heavy (non-hydrogen) atoms. The maximum atomic E-state index is 12.4. The van der Waals surface area contributed by atoms with Crippen molar-refractivity contribution in [2.24, 2.45) is 0 Å². The summed E-state index contributed by atoms with van der Waals surface area (Å²) in [7, 11) is 0. The number of anilines is 2. The molecule has 4 rings (SSSR count). The van der Waals surface area contributed by atoms with E-state index in [1.54, 1.807) is 6.20 Å². The molecule has 5 heteroatoms. The van der Waals surface area contributed by atoms with Crippen molar-refractivity contribution >= 4 is 23.4 Å². The molecular formula is C20H18N4O. The van der Waals surface area contributed by atoms with Crippen LogP contribution in [0, 0.1) is 6.92 Å². The predicted molar refractivity (Wildman–Crippen MR) is 99.3 cm³/mol. The van der Waals surface area contributed by atoms with Gasteiger partial charge in [-0.3, -0.25) is 4.79 Å². The molecule has 0 spiro atoms. The van der Waals surface area contributed by atoms with Gasteiger partial charge < -0.3 is 14.8 Å². The summed E-state index contributed by atoms with van der Waals surface area (Å²) >= 11 is 0. The average molecular weight is 330 g/mol. The van der Waals surface area contributed by atoms with Crippen LogP contribution in [0.5, 0.6) is 0 Å². The van der Waals surface area contributed by atoms with Gasteiger partial charge in [-0.15, -0.1) is 0 Å². The number of para-hydroxylation sites is 1. The Morgan fingerprint density at radius 3 is 2.76 bits per heavy atom. The van der Waals surface area contributed by atoms with Crippen molar-refractivity contribution in [3.8, 4) is 0 Å². The molecule has 0 bridgehead atoms. The molecule has 2 heterocycles. The smallest absolute Gasteiger partial charge is 0.275 e. The number of aromatic nitrogens is 2. The second kappa shape index (κ2) is 6.28. The zero-order valence-corrected chi connectivity index (χ0v) is 13.9. The molecule has 0 radical (unpaired) electrons. The number of amides is 1. The molecular weight excluding hydrogens is 312 g/mol. The van der Waals surface area contributed by atoms with Crippen molar-refractivity contribution < 1.29 is 4.79 Å². The third-order valence-electron chi connectivity index (χ3n) is 4.11. The largest absolute Gasteiger partial charge is 0.329 e. The number of nitrogens with one attached hydrogen (secondary N) is 1. The maximum absolute atomic E-state index is 12.4.